The van der Waals surface area contributed by atoms with Crippen LogP contribution in [-0.2, 0) is 18.1 Å². The number of imidazole rings is 1. The molecule has 0 fully saturated rings. The van der Waals surface area contributed by atoms with Crippen LogP contribution in [0.1, 0.15) is 39.1 Å². The highest BCUT2D eigenvalue weighted by molar-refractivity contribution is 5.77. The molecule has 0 aliphatic rings. The van der Waals surface area contributed by atoms with Crippen LogP contribution in [0.4, 0.5) is 13.2 Å². The van der Waals surface area contributed by atoms with Gasteiger partial charge in [0.15, 0.2) is 0 Å². The van der Waals surface area contributed by atoms with E-state index in [1.807, 2.05) is 20.8 Å². The third kappa shape index (κ3) is 3.20. The van der Waals surface area contributed by atoms with Gasteiger partial charge >= 0.3 is 6.18 Å². The summed E-state index contributed by atoms with van der Waals surface area (Å²) < 4.78 is 40.2. The predicted molar refractivity (Wildman–Crippen MR) is 75.1 cm³/mol. The second kappa shape index (κ2) is 5.02. The molecule has 1 N–H and O–H groups in total. The zero-order valence-corrected chi connectivity index (χ0v) is 12.5. The first-order valence-corrected chi connectivity index (χ1v) is 6.76. The highest BCUT2D eigenvalue weighted by atomic mass is 19.4. The largest absolute Gasteiger partial charge is 0.416 e. The first-order valence-electron chi connectivity index (χ1n) is 6.76. The first-order chi connectivity index (χ1) is 9.50. The summed E-state index contributed by atoms with van der Waals surface area (Å²) in [6, 6.07) is 3.53. The van der Waals surface area contributed by atoms with Gasteiger partial charge in [-0.1, -0.05) is 20.8 Å². The lowest BCUT2D eigenvalue weighted by Crippen LogP contribution is -2.22. The topological polar surface area (TPSA) is 38.0 Å². The molecule has 0 radical (unpaired) electrons. The molecule has 21 heavy (non-hydrogen) atoms. The molecule has 1 unspecified atom stereocenters. The van der Waals surface area contributed by atoms with Gasteiger partial charge in [0.25, 0.3) is 0 Å². The lowest BCUT2D eigenvalue weighted by atomic mass is 9.95. The molecule has 3 nitrogen and oxygen atoms in total. The minimum atomic E-state index is -4.38. The molecule has 6 heteroatoms. The average molecular weight is 300 g/mol. The number of fused-ring (bicyclic) bond motifs is 1. The second-order valence-electron chi connectivity index (χ2n) is 6.35. The van der Waals surface area contributed by atoms with Gasteiger partial charge in [-0.05, 0) is 25.1 Å². The lowest BCUT2D eigenvalue weighted by Gasteiger charge is -2.21. The fourth-order valence-electron chi connectivity index (χ4n) is 2.33. The van der Waals surface area contributed by atoms with E-state index in [9.17, 15) is 18.3 Å². The van der Waals surface area contributed by atoms with Gasteiger partial charge in [0, 0.05) is 5.41 Å². The molecule has 2 aromatic rings. The van der Waals surface area contributed by atoms with Crippen LogP contribution in [0.15, 0.2) is 18.2 Å². The maximum absolute atomic E-state index is 12.8. The molecule has 0 aliphatic heterocycles. The molecule has 1 heterocycles. The molecule has 116 valence electrons. The van der Waals surface area contributed by atoms with E-state index in [2.05, 4.69) is 4.98 Å². The Morgan fingerprint density at radius 2 is 1.86 bits per heavy atom. The number of alkyl halides is 3. The Bertz CT molecular complexity index is 651. The third-order valence-electron chi connectivity index (χ3n) is 3.19. The molecule has 0 bridgehead atoms. The number of nitrogens with zero attached hydrogens (tertiary/aromatic N) is 2. The monoisotopic (exact) mass is 300 g/mol. The van der Waals surface area contributed by atoms with Gasteiger partial charge in [0.05, 0.1) is 29.2 Å². The Hall–Kier alpha value is -1.56. The minimum absolute atomic E-state index is 0.300. The van der Waals surface area contributed by atoms with E-state index in [1.165, 1.54) is 6.07 Å². The highest BCUT2D eigenvalue weighted by Crippen LogP contribution is 2.33. The smallest absolute Gasteiger partial charge is 0.392 e. The number of halogens is 3. The first kappa shape index (κ1) is 15.8. The number of aliphatic hydroxyl groups is 1. The van der Waals surface area contributed by atoms with Crippen LogP contribution in [0, 0.1) is 0 Å². The molecule has 0 amide bonds. The quantitative estimate of drug-likeness (QED) is 0.917. The Morgan fingerprint density at radius 3 is 2.33 bits per heavy atom. The summed E-state index contributed by atoms with van der Waals surface area (Å²) in [5.74, 6) is 0.665. The molecule has 0 saturated carbocycles. The second-order valence-corrected chi connectivity index (χ2v) is 6.35. The summed E-state index contributed by atoms with van der Waals surface area (Å²) in [5, 5.41) is 9.63. The van der Waals surface area contributed by atoms with E-state index < -0.39 is 17.8 Å². The maximum atomic E-state index is 12.8. The van der Waals surface area contributed by atoms with Gasteiger partial charge in [-0.15, -0.1) is 0 Å². The Balaban J connectivity index is 2.67. The number of rotatable bonds is 2. The summed E-state index contributed by atoms with van der Waals surface area (Å²) >= 11 is 0. The minimum Gasteiger partial charge on any atom is -0.392 e. The van der Waals surface area contributed by atoms with Crippen LogP contribution in [0.25, 0.3) is 11.0 Å². The van der Waals surface area contributed by atoms with Crippen LogP contribution < -0.4 is 0 Å². The normalized spacial score (nSPS) is 14.7. The SMILES string of the molecule is CC(O)Cn1c(C(C)(C)C)nc2cc(C(F)(F)F)ccc21. The van der Waals surface area contributed by atoms with E-state index in [0.717, 1.165) is 12.1 Å². The summed E-state index contributed by atoms with van der Waals surface area (Å²) in [6.07, 6.45) is -4.99. The molecule has 0 aliphatic carbocycles. The van der Waals surface area contributed by atoms with Gasteiger partial charge in [-0.2, -0.15) is 13.2 Å². The number of hydrogen-bond acceptors (Lipinski definition) is 2. The number of aromatic nitrogens is 2. The average Bonchev–Trinajstić information content (AvgIpc) is 2.65. The van der Waals surface area contributed by atoms with Crippen molar-refractivity contribution in [3.8, 4) is 0 Å². The van der Waals surface area contributed by atoms with E-state index in [-0.39, 0.29) is 5.41 Å². The molecule has 1 aromatic carbocycles. The predicted octanol–water partition coefficient (Wildman–Crippen LogP) is 3.73. The Kier molecular flexibility index (Phi) is 3.78. The number of aliphatic hydroxyl groups excluding tert-OH is 1. The summed E-state index contributed by atoms with van der Waals surface area (Å²) in [7, 11) is 0. The van der Waals surface area contributed by atoms with Crippen molar-refractivity contribution >= 4 is 11.0 Å². The van der Waals surface area contributed by atoms with Crippen molar-refractivity contribution in [2.75, 3.05) is 0 Å². The van der Waals surface area contributed by atoms with Crippen molar-refractivity contribution in [2.45, 2.75) is 51.9 Å². The Morgan fingerprint density at radius 1 is 1.24 bits per heavy atom. The fourth-order valence-corrected chi connectivity index (χ4v) is 2.33. The Labute approximate surface area is 121 Å². The van der Waals surface area contributed by atoms with Crippen LogP contribution in [0.3, 0.4) is 0 Å². The number of hydrogen-bond donors (Lipinski definition) is 1. The fraction of sp³-hybridized carbons (Fsp3) is 0.533. The van der Waals surface area contributed by atoms with Gasteiger partial charge in [0.2, 0.25) is 0 Å². The summed E-state index contributed by atoms with van der Waals surface area (Å²) in [6.45, 7) is 7.77. The van der Waals surface area contributed by atoms with Crippen molar-refractivity contribution in [2.24, 2.45) is 0 Å². The molecular weight excluding hydrogens is 281 g/mol. The van der Waals surface area contributed by atoms with E-state index in [4.69, 9.17) is 0 Å². The van der Waals surface area contributed by atoms with Crippen molar-refractivity contribution in [1.82, 2.24) is 9.55 Å². The summed E-state index contributed by atoms with van der Waals surface area (Å²) in [4.78, 5) is 4.36. The molecule has 0 saturated heterocycles. The van der Waals surface area contributed by atoms with Crippen molar-refractivity contribution < 1.29 is 18.3 Å². The van der Waals surface area contributed by atoms with Crippen molar-refractivity contribution in [3.05, 3.63) is 29.6 Å². The standard InChI is InChI=1S/C15H19F3N2O/c1-9(21)8-20-12-6-5-10(15(16,17)18)7-11(12)19-13(20)14(2,3)4/h5-7,9,21H,8H2,1-4H3. The molecular formula is C15H19F3N2O. The molecule has 0 spiro atoms. The van der Waals surface area contributed by atoms with E-state index in [0.29, 0.717) is 23.4 Å². The summed E-state index contributed by atoms with van der Waals surface area (Å²) in [5.41, 5.74) is -0.131. The lowest BCUT2D eigenvalue weighted by molar-refractivity contribution is -0.137. The van der Waals surface area contributed by atoms with Gasteiger partial charge in [-0.25, -0.2) is 4.98 Å². The highest BCUT2D eigenvalue weighted by Gasteiger charge is 2.32. The van der Waals surface area contributed by atoms with Crippen LogP contribution >= 0.6 is 0 Å². The van der Waals surface area contributed by atoms with Crippen LogP contribution in [-0.4, -0.2) is 20.8 Å². The van der Waals surface area contributed by atoms with E-state index in [1.54, 1.807) is 11.5 Å². The number of benzene rings is 1. The van der Waals surface area contributed by atoms with Gasteiger partial charge in [0.1, 0.15) is 5.82 Å². The van der Waals surface area contributed by atoms with Crippen molar-refractivity contribution in [1.29, 1.82) is 0 Å². The zero-order chi connectivity index (χ0) is 16.0. The van der Waals surface area contributed by atoms with Crippen LogP contribution in [0.2, 0.25) is 0 Å². The van der Waals surface area contributed by atoms with Crippen molar-refractivity contribution in [3.63, 3.8) is 0 Å². The van der Waals surface area contributed by atoms with Gasteiger partial charge in [-0.3, -0.25) is 0 Å². The molecule has 1 aromatic heterocycles. The molecule has 2 rings (SSSR count). The van der Waals surface area contributed by atoms with Crippen LogP contribution in [0.5, 0.6) is 0 Å². The zero-order valence-electron chi connectivity index (χ0n) is 12.5. The van der Waals surface area contributed by atoms with Gasteiger partial charge < -0.3 is 9.67 Å². The molecule has 1 atom stereocenters. The van der Waals surface area contributed by atoms with E-state index >= 15 is 0 Å². The maximum Gasteiger partial charge on any atom is 0.416 e. The third-order valence-corrected chi connectivity index (χ3v) is 3.19.